The van der Waals surface area contributed by atoms with E-state index in [1.807, 2.05) is 12.1 Å². The Labute approximate surface area is 85.6 Å². The molecule has 1 aromatic carbocycles. The number of nitrogens with one attached hydrogen (secondary N) is 1. The summed E-state index contributed by atoms with van der Waals surface area (Å²) < 4.78 is 10.4. The zero-order chi connectivity index (χ0) is 10.4. The summed E-state index contributed by atoms with van der Waals surface area (Å²) in [6.07, 6.45) is 0. The van der Waals surface area contributed by atoms with Gasteiger partial charge in [-0.15, -0.1) is 0 Å². The molecule has 2 aliphatic heterocycles. The van der Waals surface area contributed by atoms with Crippen LogP contribution in [0, 0.1) is 0 Å². The first-order valence-corrected chi connectivity index (χ1v) is 4.64. The molecule has 15 heavy (non-hydrogen) atoms. The molecule has 2 heterocycles. The third-order valence-electron chi connectivity index (χ3n) is 2.61. The van der Waals surface area contributed by atoms with Crippen molar-refractivity contribution in [3.8, 4) is 11.5 Å². The molecule has 5 nitrogen and oxygen atoms in total. The first-order valence-electron chi connectivity index (χ1n) is 4.64. The Balaban J connectivity index is 1.86. The first kappa shape index (κ1) is 8.55. The van der Waals surface area contributed by atoms with Gasteiger partial charge in [0, 0.05) is 0 Å². The zero-order valence-electron chi connectivity index (χ0n) is 7.77. The topological polar surface area (TPSA) is 77.7 Å². The highest BCUT2D eigenvalue weighted by molar-refractivity contribution is 5.78. The second kappa shape index (κ2) is 2.87. The van der Waals surface area contributed by atoms with Crippen LogP contribution in [0.25, 0.3) is 0 Å². The predicted molar refractivity (Wildman–Crippen MR) is 49.9 cm³/mol. The number of fused-ring (bicyclic) bond motifs is 1. The molecule has 1 aromatic rings. The maximum absolute atomic E-state index is 10.7. The lowest BCUT2D eigenvalue weighted by Crippen LogP contribution is -2.07. The molecule has 78 valence electrons. The molecule has 0 amide bonds. The van der Waals surface area contributed by atoms with Crippen molar-refractivity contribution in [2.24, 2.45) is 0 Å². The van der Waals surface area contributed by atoms with Crippen molar-refractivity contribution in [3.05, 3.63) is 23.8 Å². The summed E-state index contributed by atoms with van der Waals surface area (Å²) in [4.78, 5) is 10.7. The lowest BCUT2D eigenvalue weighted by Gasteiger charge is -1.99. The molecule has 0 spiro atoms. The van der Waals surface area contributed by atoms with Gasteiger partial charge in [-0.3, -0.25) is 10.1 Å². The van der Waals surface area contributed by atoms with Gasteiger partial charge in [0.1, 0.15) is 6.04 Å². The zero-order valence-corrected chi connectivity index (χ0v) is 7.77. The highest BCUT2D eigenvalue weighted by Crippen LogP contribution is 2.38. The van der Waals surface area contributed by atoms with Gasteiger partial charge in [-0.1, -0.05) is 6.07 Å². The van der Waals surface area contributed by atoms with Gasteiger partial charge in [0.2, 0.25) is 6.79 Å². The van der Waals surface area contributed by atoms with Crippen LogP contribution < -0.4 is 14.8 Å². The van der Waals surface area contributed by atoms with Crippen molar-refractivity contribution in [3.63, 3.8) is 0 Å². The third kappa shape index (κ3) is 1.32. The summed E-state index contributed by atoms with van der Waals surface area (Å²) in [5.41, 5.74) is 0.923. The Kier molecular flexibility index (Phi) is 1.63. The van der Waals surface area contributed by atoms with Crippen molar-refractivity contribution in [2.45, 2.75) is 12.1 Å². The number of carbonyl (C=O) groups is 1. The van der Waals surface area contributed by atoms with Crippen LogP contribution in [0.15, 0.2) is 18.2 Å². The summed E-state index contributed by atoms with van der Waals surface area (Å²) in [6.45, 7) is 0.235. The molecule has 0 bridgehead atoms. The summed E-state index contributed by atoms with van der Waals surface area (Å²) in [5, 5.41) is 11.6. The van der Waals surface area contributed by atoms with E-state index in [1.54, 1.807) is 6.07 Å². The normalized spacial score (nSPS) is 26.4. The number of hydrogen-bond donors (Lipinski definition) is 2. The van der Waals surface area contributed by atoms with Crippen LogP contribution in [-0.4, -0.2) is 23.9 Å². The van der Waals surface area contributed by atoms with Gasteiger partial charge in [0.05, 0.1) is 6.04 Å². The number of rotatable bonds is 2. The van der Waals surface area contributed by atoms with Gasteiger partial charge in [-0.2, -0.15) is 0 Å². The molecule has 0 aromatic heterocycles. The van der Waals surface area contributed by atoms with E-state index in [2.05, 4.69) is 5.32 Å². The fourth-order valence-corrected chi connectivity index (χ4v) is 1.75. The van der Waals surface area contributed by atoms with Gasteiger partial charge in [0.25, 0.3) is 0 Å². The minimum atomic E-state index is -0.822. The second-order valence-electron chi connectivity index (χ2n) is 3.57. The Morgan fingerprint density at radius 1 is 1.40 bits per heavy atom. The number of ether oxygens (including phenoxy) is 2. The maximum atomic E-state index is 10.7. The molecule has 0 saturated carbocycles. The molecule has 2 atom stereocenters. The number of carboxylic acids is 1. The van der Waals surface area contributed by atoms with Crippen LogP contribution in [0.4, 0.5) is 0 Å². The molecule has 0 radical (unpaired) electrons. The molecular formula is C10H9NO4. The number of aliphatic carboxylic acids is 1. The van der Waals surface area contributed by atoms with Crippen LogP contribution in [-0.2, 0) is 4.79 Å². The molecule has 2 N–H and O–H groups in total. The van der Waals surface area contributed by atoms with Gasteiger partial charge in [-0.25, -0.2) is 0 Å². The largest absolute Gasteiger partial charge is 0.480 e. The Bertz CT molecular complexity index is 431. The standard InChI is InChI=1S/C10H9NO4/c12-10(13)9-8(11-9)5-1-2-6-7(3-5)15-4-14-6/h1-3,8-9,11H,4H2,(H,12,13)/t8-,9-/m0/s1. The Morgan fingerprint density at radius 3 is 2.93 bits per heavy atom. The number of hydrogen-bond acceptors (Lipinski definition) is 4. The van der Waals surface area contributed by atoms with Crippen molar-refractivity contribution in [1.82, 2.24) is 5.32 Å². The fourth-order valence-electron chi connectivity index (χ4n) is 1.75. The first-order chi connectivity index (χ1) is 7.25. The van der Waals surface area contributed by atoms with Crippen molar-refractivity contribution in [2.75, 3.05) is 6.79 Å². The molecule has 0 aliphatic carbocycles. The lowest BCUT2D eigenvalue weighted by atomic mass is 10.1. The average molecular weight is 207 g/mol. The van der Waals surface area contributed by atoms with Gasteiger partial charge >= 0.3 is 5.97 Å². The highest BCUT2D eigenvalue weighted by Gasteiger charge is 2.43. The van der Waals surface area contributed by atoms with E-state index in [1.165, 1.54) is 0 Å². The van der Waals surface area contributed by atoms with E-state index in [-0.39, 0.29) is 12.8 Å². The van der Waals surface area contributed by atoms with Crippen LogP contribution in [0.2, 0.25) is 0 Å². The van der Waals surface area contributed by atoms with E-state index in [9.17, 15) is 4.79 Å². The molecule has 1 fully saturated rings. The van der Waals surface area contributed by atoms with E-state index in [4.69, 9.17) is 14.6 Å². The molecule has 0 unspecified atom stereocenters. The monoisotopic (exact) mass is 207 g/mol. The summed E-state index contributed by atoms with van der Waals surface area (Å²) in [7, 11) is 0. The van der Waals surface area contributed by atoms with Crippen LogP contribution >= 0.6 is 0 Å². The van der Waals surface area contributed by atoms with E-state index in [0.29, 0.717) is 11.5 Å². The van der Waals surface area contributed by atoms with Crippen LogP contribution in [0.3, 0.4) is 0 Å². The summed E-state index contributed by atoms with van der Waals surface area (Å²) in [6, 6.07) is 4.91. The van der Waals surface area contributed by atoms with E-state index < -0.39 is 12.0 Å². The fraction of sp³-hybridized carbons (Fsp3) is 0.300. The number of carboxylic acid groups (broad SMARTS) is 1. The maximum Gasteiger partial charge on any atom is 0.322 e. The average Bonchev–Trinajstić information content (AvgIpc) is 2.89. The molecule has 3 rings (SSSR count). The van der Waals surface area contributed by atoms with Crippen molar-refractivity contribution < 1.29 is 19.4 Å². The van der Waals surface area contributed by atoms with E-state index in [0.717, 1.165) is 5.56 Å². The third-order valence-corrected chi connectivity index (χ3v) is 2.61. The SMILES string of the molecule is O=C(O)[C@H]1N[C@H]1c1ccc2c(c1)OCO2. The molecule has 1 saturated heterocycles. The lowest BCUT2D eigenvalue weighted by molar-refractivity contribution is -0.136. The molecule has 5 heteroatoms. The van der Waals surface area contributed by atoms with Crippen molar-refractivity contribution in [1.29, 1.82) is 0 Å². The second-order valence-corrected chi connectivity index (χ2v) is 3.57. The Hall–Kier alpha value is -1.75. The minimum absolute atomic E-state index is 0.100. The van der Waals surface area contributed by atoms with E-state index >= 15 is 0 Å². The smallest absolute Gasteiger partial charge is 0.322 e. The molecular weight excluding hydrogens is 198 g/mol. The number of benzene rings is 1. The Morgan fingerprint density at radius 2 is 2.20 bits per heavy atom. The van der Waals surface area contributed by atoms with Crippen LogP contribution in [0.5, 0.6) is 11.5 Å². The van der Waals surface area contributed by atoms with Crippen LogP contribution in [0.1, 0.15) is 11.6 Å². The van der Waals surface area contributed by atoms with Gasteiger partial charge in [-0.05, 0) is 17.7 Å². The van der Waals surface area contributed by atoms with Gasteiger partial charge < -0.3 is 14.6 Å². The molecule has 2 aliphatic rings. The summed E-state index contributed by atoms with van der Waals surface area (Å²) in [5.74, 6) is 0.578. The van der Waals surface area contributed by atoms with Gasteiger partial charge in [0.15, 0.2) is 11.5 Å². The summed E-state index contributed by atoms with van der Waals surface area (Å²) >= 11 is 0. The quantitative estimate of drug-likeness (QED) is 0.691. The minimum Gasteiger partial charge on any atom is -0.480 e. The predicted octanol–water partition coefficient (Wildman–Crippen LogP) is 0.513. The highest BCUT2D eigenvalue weighted by atomic mass is 16.7. The van der Waals surface area contributed by atoms with Crippen molar-refractivity contribution >= 4 is 5.97 Å².